The van der Waals surface area contributed by atoms with Gasteiger partial charge in [-0.2, -0.15) is 0 Å². The van der Waals surface area contributed by atoms with Crippen LogP contribution in [0.3, 0.4) is 0 Å². The molecule has 0 aromatic heterocycles. The highest BCUT2D eigenvalue weighted by molar-refractivity contribution is 5.85. The monoisotopic (exact) mass is 261 g/mol. The summed E-state index contributed by atoms with van der Waals surface area (Å²) in [5.74, 6) is 0.255. The van der Waals surface area contributed by atoms with Crippen molar-refractivity contribution in [2.75, 3.05) is 7.11 Å². The van der Waals surface area contributed by atoms with Gasteiger partial charge in [-0.25, -0.2) is 4.39 Å². The van der Waals surface area contributed by atoms with Crippen LogP contribution in [0.4, 0.5) is 4.39 Å². The van der Waals surface area contributed by atoms with Gasteiger partial charge in [0.05, 0.1) is 7.11 Å². The smallest absolute Gasteiger partial charge is 0.131 e. The highest BCUT2D eigenvalue weighted by atomic mass is 35.5. The van der Waals surface area contributed by atoms with Crippen LogP contribution >= 0.6 is 12.4 Å². The van der Waals surface area contributed by atoms with Gasteiger partial charge in [0.15, 0.2) is 0 Å². The van der Waals surface area contributed by atoms with Crippen molar-refractivity contribution in [1.29, 1.82) is 0 Å². The predicted octanol–water partition coefficient (Wildman–Crippen LogP) is 3.84. The molecule has 1 atom stereocenters. The molecule has 0 amide bonds. The number of nitrogens with two attached hydrogens (primary N) is 1. The molecule has 0 saturated heterocycles. The van der Waals surface area contributed by atoms with E-state index >= 15 is 0 Å². The molecule has 0 saturated carbocycles. The molecule has 0 aliphatic heterocycles. The van der Waals surface area contributed by atoms with Crippen LogP contribution in [-0.2, 0) is 0 Å². The Morgan fingerprint density at radius 3 is 2.59 bits per heavy atom. The molecule has 0 fully saturated rings. The van der Waals surface area contributed by atoms with Crippen LogP contribution in [0.1, 0.15) is 44.2 Å². The summed E-state index contributed by atoms with van der Waals surface area (Å²) in [6.45, 7) is 2.14. The van der Waals surface area contributed by atoms with Gasteiger partial charge in [-0.3, -0.25) is 0 Å². The molecular weight excluding hydrogens is 241 g/mol. The maximum absolute atomic E-state index is 13.6. The first-order valence-electron chi connectivity index (χ1n) is 5.78. The zero-order chi connectivity index (χ0) is 12.0. The van der Waals surface area contributed by atoms with E-state index in [1.807, 2.05) is 0 Å². The van der Waals surface area contributed by atoms with Gasteiger partial charge in [0.1, 0.15) is 11.6 Å². The van der Waals surface area contributed by atoms with E-state index in [-0.39, 0.29) is 24.3 Å². The second-order valence-corrected chi connectivity index (χ2v) is 3.99. The first kappa shape index (κ1) is 16.2. The van der Waals surface area contributed by atoms with Crippen LogP contribution < -0.4 is 10.5 Å². The Bertz CT molecular complexity index is 333. The lowest BCUT2D eigenvalue weighted by molar-refractivity contribution is 0.410. The van der Waals surface area contributed by atoms with Crippen LogP contribution in [0.2, 0.25) is 0 Å². The maximum Gasteiger partial charge on any atom is 0.131 e. The number of methoxy groups -OCH3 is 1. The van der Waals surface area contributed by atoms with Crippen molar-refractivity contribution < 1.29 is 9.13 Å². The minimum absolute atomic E-state index is 0. The predicted molar refractivity (Wildman–Crippen MR) is 71.3 cm³/mol. The van der Waals surface area contributed by atoms with E-state index in [0.29, 0.717) is 11.3 Å². The van der Waals surface area contributed by atoms with Gasteiger partial charge in [-0.15, -0.1) is 12.4 Å². The third kappa shape index (κ3) is 4.92. The second-order valence-electron chi connectivity index (χ2n) is 3.99. The normalized spacial score (nSPS) is 11.8. The summed E-state index contributed by atoms with van der Waals surface area (Å²) < 4.78 is 18.6. The van der Waals surface area contributed by atoms with Crippen molar-refractivity contribution in [2.45, 2.75) is 38.6 Å². The summed E-state index contributed by atoms with van der Waals surface area (Å²) in [6.07, 6.45) is 4.17. The fourth-order valence-electron chi connectivity index (χ4n) is 1.71. The van der Waals surface area contributed by atoms with Crippen LogP contribution in [0.5, 0.6) is 5.75 Å². The minimum atomic E-state index is -0.275. The van der Waals surface area contributed by atoms with Gasteiger partial charge in [-0.1, -0.05) is 32.3 Å². The Morgan fingerprint density at radius 2 is 2.06 bits per heavy atom. The topological polar surface area (TPSA) is 35.2 Å². The van der Waals surface area contributed by atoms with Crippen molar-refractivity contribution >= 4 is 12.4 Å². The molecule has 1 aromatic carbocycles. The zero-order valence-corrected chi connectivity index (χ0v) is 11.2. The van der Waals surface area contributed by atoms with E-state index in [9.17, 15) is 4.39 Å². The van der Waals surface area contributed by atoms with Crippen LogP contribution in [0.15, 0.2) is 18.2 Å². The first-order chi connectivity index (χ1) is 7.69. The standard InChI is InChI=1S/C13H20FNO.ClH/c1-3-4-5-6-13(15)11-8-7-10(16-2)9-12(11)14;/h7-9,13H,3-6,15H2,1-2H3;1H/t13-;/m1./s1. The number of hydrogen-bond acceptors (Lipinski definition) is 2. The fourth-order valence-corrected chi connectivity index (χ4v) is 1.71. The van der Waals surface area contributed by atoms with E-state index in [4.69, 9.17) is 10.5 Å². The van der Waals surface area contributed by atoms with Crippen LogP contribution in [-0.4, -0.2) is 7.11 Å². The van der Waals surface area contributed by atoms with E-state index in [1.54, 1.807) is 12.1 Å². The zero-order valence-electron chi connectivity index (χ0n) is 10.4. The Kier molecular flexibility index (Phi) is 7.92. The summed E-state index contributed by atoms with van der Waals surface area (Å²) >= 11 is 0. The summed E-state index contributed by atoms with van der Waals surface area (Å²) in [7, 11) is 1.52. The highest BCUT2D eigenvalue weighted by Gasteiger charge is 2.11. The highest BCUT2D eigenvalue weighted by Crippen LogP contribution is 2.23. The third-order valence-electron chi connectivity index (χ3n) is 2.73. The number of hydrogen-bond donors (Lipinski definition) is 1. The molecular formula is C13H21ClFNO. The quantitative estimate of drug-likeness (QED) is 0.790. The average Bonchev–Trinajstić information content (AvgIpc) is 2.29. The molecule has 0 radical (unpaired) electrons. The summed E-state index contributed by atoms with van der Waals surface area (Å²) in [6, 6.07) is 4.63. The lowest BCUT2D eigenvalue weighted by Crippen LogP contribution is -2.12. The van der Waals surface area contributed by atoms with Crippen LogP contribution in [0, 0.1) is 5.82 Å². The molecule has 4 heteroatoms. The Balaban J connectivity index is 0.00000256. The number of rotatable bonds is 6. The molecule has 0 heterocycles. The summed E-state index contributed by atoms with van der Waals surface area (Å²) in [5, 5.41) is 0. The molecule has 0 bridgehead atoms. The van der Waals surface area contributed by atoms with Gasteiger partial charge in [0, 0.05) is 17.7 Å². The average molecular weight is 262 g/mol. The Labute approximate surface area is 109 Å². The van der Waals surface area contributed by atoms with E-state index in [2.05, 4.69) is 6.92 Å². The Morgan fingerprint density at radius 1 is 1.35 bits per heavy atom. The van der Waals surface area contributed by atoms with Crippen molar-refractivity contribution in [3.8, 4) is 5.75 Å². The summed E-state index contributed by atoms with van der Waals surface area (Å²) in [4.78, 5) is 0. The second kappa shape index (κ2) is 8.31. The largest absolute Gasteiger partial charge is 0.497 e. The lowest BCUT2D eigenvalue weighted by Gasteiger charge is -2.13. The van der Waals surface area contributed by atoms with Gasteiger partial charge < -0.3 is 10.5 Å². The molecule has 1 aromatic rings. The van der Waals surface area contributed by atoms with Crippen molar-refractivity contribution in [3.63, 3.8) is 0 Å². The molecule has 0 unspecified atom stereocenters. The third-order valence-corrected chi connectivity index (χ3v) is 2.73. The van der Waals surface area contributed by atoms with Crippen LogP contribution in [0.25, 0.3) is 0 Å². The molecule has 1 rings (SSSR count). The summed E-state index contributed by atoms with van der Waals surface area (Å²) in [5.41, 5.74) is 6.53. The van der Waals surface area contributed by atoms with E-state index in [0.717, 1.165) is 25.7 Å². The number of ether oxygens (including phenoxy) is 1. The molecule has 0 spiro atoms. The fraction of sp³-hybridized carbons (Fsp3) is 0.538. The van der Waals surface area contributed by atoms with Gasteiger partial charge in [0.25, 0.3) is 0 Å². The molecule has 17 heavy (non-hydrogen) atoms. The van der Waals surface area contributed by atoms with E-state index < -0.39 is 0 Å². The van der Waals surface area contributed by atoms with Crippen molar-refractivity contribution in [2.24, 2.45) is 5.73 Å². The molecule has 0 aliphatic carbocycles. The van der Waals surface area contributed by atoms with Gasteiger partial charge in [-0.05, 0) is 12.5 Å². The minimum Gasteiger partial charge on any atom is -0.497 e. The van der Waals surface area contributed by atoms with E-state index in [1.165, 1.54) is 13.2 Å². The molecule has 2 N–H and O–H groups in total. The number of halogens is 2. The van der Waals surface area contributed by atoms with Crippen molar-refractivity contribution in [1.82, 2.24) is 0 Å². The van der Waals surface area contributed by atoms with Crippen molar-refractivity contribution in [3.05, 3.63) is 29.6 Å². The SMILES string of the molecule is CCCCC[C@@H](N)c1ccc(OC)cc1F.Cl. The number of benzene rings is 1. The first-order valence-corrected chi connectivity index (χ1v) is 5.78. The Hall–Kier alpha value is -0.800. The van der Waals surface area contributed by atoms with Gasteiger partial charge in [0.2, 0.25) is 0 Å². The molecule has 0 aliphatic rings. The molecule has 98 valence electrons. The van der Waals surface area contributed by atoms with Gasteiger partial charge >= 0.3 is 0 Å². The number of unbranched alkanes of at least 4 members (excludes halogenated alkanes) is 2. The maximum atomic E-state index is 13.6. The lowest BCUT2D eigenvalue weighted by atomic mass is 10.0. The molecule has 2 nitrogen and oxygen atoms in total.